The quantitative estimate of drug-likeness (QED) is 0.502. The zero-order valence-electron chi connectivity index (χ0n) is 11.6. The highest BCUT2D eigenvalue weighted by molar-refractivity contribution is 5.71. The molecule has 0 heterocycles. The van der Waals surface area contributed by atoms with E-state index in [-0.39, 0.29) is 18.0 Å². The van der Waals surface area contributed by atoms with Crippen molar-refractivity contribution in [2.45, 2.75) is 33.0 Å². The fourth-order valence-corrected chi connectivity index (χ4v) is 1.43. The SMILES string of the molecule is CC(C)(C)OC(=O)COc1cc(CO)ccc1[N+](=O)[O-]. The molecule has 7 nitrogen and oxygen atoms in total. The molecule has 0 aliphatic carbocycles. The lowest BCUT2D eigenvalue weighted by Gasteiger charge is -2.19. The van der Waals surface area contributed by atoms with Gasteiger partial charge in [0.25, 0.3) is 0 Å². The molecule has 1 aromatic carbocycles. The minimum absolute atomic E-state index is 0.0765. The number of esters is 1. The Kier molecular flexibility index (Phi) is 5.04. The van der Waals surface area contributed by atoms with E-state index in [2.05, 4.69) is 0 Å². The summed E-state index contributed by atoms with van der Waals surface area (Å²) in [5.74, 6) is -0.700. The number of carbonyl (C=O) groups excluding carboxylic acids is 1. The Labute approximate surface area is 116 Å². The summed E-state index contributed by atoms with van der Waals surface area (Å²) < 4.78 is 10.2. The Hall–Kier alpha value is -2.15. The van der Waals surface area contributed by atoms with Gasteiger partial charge < -0.3 is 14.6 Å². The number of aliphatic hydroxyl groups excluding tert-OH is 1. The van der Waals surface area contributed by atoms with Gasteiger partial charge in [-0.3, -0.25) is 10.1 Å². The monoisotopic (exact) mass is 283 g/mol. The van der Waals surface area contributed by atoms with Crippen LogP contribution >= 0.6 is 0 Å². The van der Waals surface area contributed by atoms with Crippen molar-refractivity contribution < 1.29 is 24.3 Å². The molecule has 0 amide bonds. The van der Waals surface area contributed by atoms with Crippen molar-refractivity contribution in [3.63, 3.8) is 0 Å². The second-order valence-electron chi connectivity index (χ2n) is 5.09. The van der Waals surface area contributed by atoms with Crippen LogP contribution in [-0.4, -0.2) is 28.2 Å². The Balaban J connectivity index is 2.80. The van der Waals surface area contributed by atoms with E-state index in [0.717, 1.165) is 0 Å². The van der Waals surface area contributed by atoms with E-state index in [1.54, 1.807) is 20.8 Å². The Bertz CT molecular complexity index is 506. The maximum atomic E-state index is 11.5. The van der Waals surface area contributed by atoms with Gasteiger partial charge in [0.05, 0.1) is 11.5 Å². The molecule has 0 aliphatic rings. The van der Waals surface area contributed by atoms with Crippen LogP contribution in [0.15, 0.2) is 18.2 Å². The van der Waals surface area contributed by atoms with Crippen LogP contribution in [-0.2, 0) is 16.1 Å². The lowest BCUT2D eigenvalue weighted by atomic mass is 10.2. The van der Waals surface area contributed by atoms with Crippen LogP contribution in [0.1, 0.15) is 26.3 Å². The molecule has 0 spiro atoms. The minimum atomic E-state index is -0.653. The van der Waals surface area contributed by atoms with Crippen LogP contribution < -0.4 is 4.74 Å². The maximum Gasteiger partial charge on any atom is 0.344 e. The first kappa shape index (κ1) is 15.9. The zero-order chi connectivity index (χ0) is 15.3. The molecule has 0 saturated carbocycles. The van der Waals surface area contributed by atoms with Crippen molar-refractivity contribution in [3.8, 4) is 5.75 Å². The predicted molar refractivity (Wildman–Crippen MR) is 70.4 cm³/mol. The largest absolute Gasteiger partial charge is 0.475 e. The Morgan fingerprint density at radius 1 is 1.40 bits per heavy atom. The molecule has 0 unspecified atom stereocenters. The number of carbonyl (C=O) groups is 1. The number of hydrogen-bond donors (Lipinski definition) is 1. The second-order valence-corrected chi connectivity index (χ2v) is 5.09. The molecule has 110 valence electrons. The van der Waals surface area contributed by atoms with Gasteiger partial charge in [0.1, 0.15) is 5.60 Å². The smallest absolute Gasteiger partial charge is 0.344 e. The number of nitro groups is 1. The number of nitro benzene ring substituents is 1. The number of ether oxygens (including phenoxy) is 2. The summed E-state index contributed by atoms with van der Waals surface area (Å²) in [4.78, 5) is 21.7. The van der Waals surface area contributed by atoms with Crippen molar-refractivity contribution in [3.05, 3.63) is 33.9 Å². The molecular formula is C13H17NO6. The van der Waals surface area contributed by atoms with Gasteiger partial charge in [-0.25, -0.2) is 4.79 Å². The third kappa shape index (κ3) is 4.85. The zero-order valence-corrected chi connectivity index (χ0v) is 11.6. The summed E-state index contributed by atoms with van der Waals surface area (Å²) in [6.45, 7) is 4.41. The van der Waals surface area contributed by atoms with Crippen LogP contribution in [0.4, 0.5) is 5.69 Å². The van der Waals surface area contributed by atoms with Crippen LogP contribution in [0.2, 0.25) is 0 Å². The van der Waals surface area contributed by atoms with Gasteiger partial charge in [-0.05, 0) is 38.5 Å². The van der Waals surface area contributed by atoms with Gasteiger partial charge in [0.15, 0.2) is 12.4 Å². The minimum Gasteiger partial charge on any atom is -0.475 e. The molecule has 0 radical (unpaired) electrons. The predicted octanol–water partition coefficient (Wildman–Crippen LogP) is 1.81. The molecule has 0 aromatic heterocycles. The summed E-state index contributed by atoms with van der Waals surface area (Å²) >= 11 is 0. The molecule has 1 aromatic rings. The van der Waals surface area contributed by atoms with Crippen molar-refractivity contribution >= 4 is 11.7 Å². The highest BCUT2D eigenvalue weighted by Gasteiger charge is 2.20. The average Bonchev–Trinajstić information content (AvgIpc) is 2.33. The molecular weight excluding hydrogens is 266 g/mol. The summed E-state index contributed by atoms with van der Waals surface area (Å²) in [5.41, 5.74) is -0.472. The summed E-state index contributed by atoms with van der Waals surface area (Å²) in [6, 6.07) is 3.96. The highest BCUT2D eigenvalue weighted by Crippen LogP contribution is 2.28. The van der Waals surface area contributed by atoms with Gasteiger partial charge in [-0.15, -0.1) is 0 Å². The molecule has 1 N–H and O–H groups in total. The van der Waals surface area contributed by atoms with Crippen LogP contribution in [0.5, 0.6) is 5.75 Å². The number of nitrogens with zero attached hydrogens (tertiary/aromatic N) is 1. The number of aliphatic hydroxyl groups is 1. The summed E-state index contributed by atoms with van der Waals surface area (Å²) in [7, 11) is 0. The van der Waals surface area contributed by atoms with Gasteiger partial charge in [-0.2, -0.15) is 0 Å². The first-order chi connectivity index (χ1) is 9.23. The fraction of sp³-hybridized carbons (Fsp3) is 0.462. The molecule has 0 aliphatic heterocycles. The number of rotatable bonds is 5. The topological polar surface area (TPSA) is 98.9 Å². The lowest BCUT2D eigenvalue weighted by molar-refractivity contribution is -0.385. The van der Waals surface area contributed by atoms with Gasteiger partial charge >= 0.3 is 11.7 Å². The molecule has 0 saturated heterocycles. The second kappa shape index (κ2) is 6.33. The Morgan fingerprint density at radius 3 is 2.55 bits per heavy atom. The van der Waals surface area contributed by atoms with E-state index >= 15 is 0 Å². The third-order valence-corrected chi connectivity index (χ3v) is 2.17. The fourth-order valence-electron chi connectivity index (χ4n) is 1.43. The van der Waals surface area contributed by atoms with Crippen LogP contribution in [0.25, 0.3) is 0 Å². The van der Waals surface area contributed by atoms with Crippen molar-refractivity contribution in [1.29, 1.82) is 0 Å². The Morgan fingerprint density at radius 2 is 2.05 bits per heavy atom. The molecule has 0 bridgehead atoms. The molecule has 20 heavy (non-hydrogen) atoms. The van der Waals surface area contributed by atoms with Gasteiger partial charge in [-0.1, -0.05) is 0 Å². The van der Waals surface area contributed by atoms with Gasteiger partial charge in [0.2, 0.25) is 0 Å². The van der Waals surface area contributed by atoms with E-state index < -0.39 is 23.1 Å². The van der Waals surface area contributed by atoms with E-state index in [9.17, 15) is 14.9 Å². The van der Waals surface area contributed by atoms with Gasteiger partial charge in [0, 0.05) is 6.07 Å². The molecule has 7 heteroatoms. The summed E-state index contributed by atoms with van der Waals surface area (Å²) in [5, 5.41) is 19.8. The first-order valence-corrected chi connectivity index (χ1v) is 5.96. The normalized spacial score (nSPS) is 11.0. The highest BCUT2D eigenvalue weighted by atomic mass is 16.6. The first-order valence-electron chi connectivity index (χ1n) is 5.96. The molecule has 0 fully saturated rings. The van der Waals surface area contributed by atoms with E-state index in [1.165, 1.54) is 18.2 Å². The number of hydrogen-bond acceptors (Lipinski definition) is 6. The van der Waals surface area contributed by atoms with Crippen molar-refractivity contribution in [2.24, 2.45) is 0 Å². The van der Waals surface area contributed by atoms with Crippen molar-refractivity contribution in [1.82, 2.24) is 0 Å². The number of benzene rings is 1. The third-order valence-electron chi connectivity index (χ3n) is 2.17. The van der Waals surface area contributed by atoms with E-state index in [4.69, 9.17) is 14.6 Å². The standard InChI is InChI=1S/C13H17NO6/c1-13(2,3)20-12(16)8-19-11-6-9(7-15)4-5-10(11)14(17)18/h4-6,15H,7-8H2,1-3H3. The van der Waals surface area contributed by atoms with Crippen LogP contribution in [0, 0.1) is 10.1 Å². The molecule has 1 rings (SSSR count). The lowest BCUT2D eigenvalue weighted by Crippen LogP contribution is -2.27. The van der Waals surface area contributed by atoms with E-state index in [1.807, 2.05) is 0 Å². The van der Waals surface area contributed by atoms with Crippen molar-refractivity contribution in [2.75, 3.05) is 6.61 Å². The van der Waals surface area contributed by atoms with Crippen LogP contribution in [0.3, 0.4) is 0 Å². The average molecular weight is 283 g/mol. The van der Waals surface area contributed by atoms with E-state index in [0.29, 0.717) is 5.56 Å². The maximum absolute atomic E-state index is 11.5. The molecule has 0 atom stereocenters. The summed E-state index contributed by atoms with van der Waals surface area (Å²) in [6.07, 6.45) is 0.